The number of rotatable bonds is 9. The largest absolute Gasteiger partial charge is 0.316 e. The van der Waals surface area contributed by atoms with Gasteiger partial charge in [0.05, 0.1) is 5.75 Å². The first kappa shape index (κ1) is 17.8. The quantitative estimate of drug-likeness (QED) is 0.704. The van der Waals surface area contributed by atoms with Gasteiger partial charge in [-0.25, -0.2) is 8.42 Å². The van der Waals surface area contributed by atoms with Crippen molar-refractivity contribution >= 4 is 33.2 Å². The topological polar surface area (TPSA) is 46.2 Å². The lowest BCUT2D eigenvalue weighted by Gasteiger charge is -2.15. The lowest BCUT2D eigenvalue weighted by atomic mass is 10.2. The number of hydrogen-bond acceptors (Lipinski definition) is 4. The van der Waals surface area contributed by atoms with Crippen molar-refractivity contribution in [1.29, 1.82) is 0 Å². The van der Waals surface area contributed by atoms with Gasteiger partial charge in [0.2, 0.25) is 0 Å². The van der Waals surface area contributed by atoms with Crippen molar-refractivity contribution in [1.82, 2.24) is 5.32 Å². The predicted octanol–water partition coefficient (Wildman–Crippen LogP) is 3.24. The third-order valence-electron chi connectivity index (χ3n) is 3.12. The van der Waals surface area contributed by atoms with Gasteiger partial charge < -0.3 is 5.32 Å². The molecule has 0 heterocycles. The highest BCUT2D eigenvalue weighted by atomic mass is 35.5. The fourth-order valence-corrected chi connectivity index (χ4v) is 3.81. The number of sulfone groups is 1. The second-order valence-electron chi connectivity index (χ2n) is 4.63. The van der Waals surface area contributed by atoms with Crippen molar-refractivity contribution in [3.8, 4) is 0 Å². The van der Waals surface area contributed by atoms with Crippen LogP contribution in [0.25, 0.3) is 0 Å². The van der Waals surface area contributed by atoms with E-state index in [1.807, 2.05) is 31.3 Å². The van der Waals surface area contributed by atoms with Gasteiger partial charge in [-0.2, -0.15) is 0 Å². The number of hydrogen-bond donors (Lipinski definition) is 1. The van der Waals surface area contributed by atoms with Crippen LogP contribution in [0.1, 0.15) is 19.8 Å². The minimum absolute atomic E-state index is 0.233. The van der Waals surface area contributed by atoms with Crippen LogP contribution in [0.3, 0.4) is 0 Å². The average molecular weight is 336 g/mol. The summed E-state index contributed by atoms with van der Waals surface area (Å²) in [4.78, 5) is 1.18. The van der Waals surface area contributed by atoms with Gasteiger partial charge >= 0.3 is 0 Å². The van der Waals surface area contributed by atoms with E-state index < -0.39 is 9.84 Å². The lowest BCUT2D eigenvalue weighted by Crippen LogP contribution is -2.28. The summed E-state index contributed by atoms with van der Waals surface area (Å²) in [6, 6.07) is 8.09. The summed E-state index contributed by atoms with van der Waals surface area (Å²) in [7, 11) is -0.926. The molecule has 0 spiro atoms. The highest BCUT2D eigenvalue weighted by Gasteiger charge is 2.11. The van der Waals surface area contributed by atoms with E-state index in [0.29, 0.717) is 12.5 Å². The Labute approximate surface area is 131 Å². The van der Waals surface area contributed by atoms with Crippen molar-refractivity contribution in [2.75, 3.05) is 24.3 Å². The molecule has 1 aromatic rings. The van der Waals surface area contributed by atoms with Crippen LogP contribution in [0.5, 0.6) is 0 Å². The molecular weight excluding hydrogens is 314 g/mol. The maximum atomic E-state index is 11.4. The zero-order chi connectivity index (χ0) is 15.0. The maximum Gasteiger partial charge on any atom is 0.150 e. The highest BCUT2D eigenvalue weighted by molar-refractivity contribution is 7.99. The second kappa shape index (κ2) is 8.93. The summed E-state index contributed by atoms with van der Waals surface area (Å²) in [6.45, 7) is 1.70. The van der Waals surface area contributed by atoms with Crippen LogP contribution in [-0.4, -0.2) is 38.8 Å². The summed E-state index contributed by atoms with van der Waals surface area (Å²) >= 11 is 7.60. The summed E-state index contributed by atoms with van der Waals surface area (Å²) < 4.78 is 22.9. The van der Waals surface area contributed by atoms with Crippen molar-refractivity contribution < 1.29 is 8.42 Å². The molecule has 0 bridgehead atoms. The zero-order valence-corrected chi connectivity index (χ0v) is 14.3. The molecule has 1 unspecified atom stereocenters. The molecule has 0 aliphatic rings. The Bertz CT molecular complexity index is 488. The molecule has 0 aliphatic heterocycles. The molecule has 3 nitrogen and oxygen atoms in total. The number of halogens is 1. The van der Waals surface area contributed by atoms with E-state index in [0.717, 1.165) is 17.2 Å². The molecule has 6 heteroatoms. The molecule has 0 amide bonds. The zero-order valence-electron chi connectivity index (χ0n) is 11.9. The van der Waals surface area contributed by atoms with Gasteiger partial charge in [-0.15, -0.1) is 11.8 Å². The normalized spacial score (nSPS) is 13.3. The molecule has 114 valence electrons. The van der Waals surface area contributed by atoms with Crippen LogP contribution in [0.4, 0.5) is 0 Å². The van der Waals surface area contributed by atoms with E-state index in [9.17, 15) is 8.42 Å². The molecular formula is C14H22ClNO2S2. The third kappa shape index (κ3) is 6.97. The Kier molecular flexibility index (Phi) is 7.95. The van der Waals surface area contributed by atoms with Crippen LogP contribution in [0.15, 0.2) is 29.2 Å². The summed E-state index contributed by atoms with van der Waals surface area (Å²) in [6.07, 6.45) is 1.58. The molecule has 0 fully saturated rings. The summed E-state index contributed by atoms with van der Waals surface area (Å²) in [5, 5.41) is 3.99. The van der Waals surface area contributed by atoms with Crippen molar-refractivity contribution in [2.24, 2.45) is 0 Å². The number of thioether (sulfide) groups is 1. The first-order valence-corrected chi connectivity index (χ1v) is 9.91. The van der Waals surface area contributed by atoms with E-state index in [1.165, 1.54) is 4.90 Å². The molecule has 0 saturated carbocycles. The molecule has 0 saturated heterocycles. The van der Waals surface area contributed by atoms with E-state index in [-0.39, 0.29) is 11.5 Å². The van der Waals surface area contributed by atoms with E-state index in [1.54, 1.807) is 18.7 Å². The minimum atomic E-state index is -2.84. The van der Waals surface area contributed by atoms with E-state index in [2.05, 4.69) is 5.32 Å². The first-order chi connectivity index (χ1) is 9.46. The third-order valence-corrected chi connectivity index (χ3v) is 6.34. The van der Waals surface area contributed by atoms with Crippen LogP contribution in [0.2, 0.25) is 5.02 Å². The fourth-order valence-electron chi connectivity index (χ4n) is 1.73. The first-order valence-electron chi connectivity index (χ1n) is 6.73. The second-order valence-corrected chi connectivity index (χ2v) is 8.63. The molecule has 1 rings (SSSR count). The highest BCUT2D eigenvalue weighted by Crippen LogP contribution is 2.21. The SMILES string of the molecule is CCS(=O)(=O)CCCC(CSc1ccc(Cl)cc1)NC. The average Bonchev–Trinajstić information content (AvgIpc) is 2.44. The predicted molar refractivity (Wildman–Crippen MR) is 88.6 cm³/mol. The van der Waals surface area contributed by atoms with Crippen LogP contribution in [-0.2, 0) is 9.84 Å². The number of nitrogens with one attached hydrogen (secondary N) is 1. The van der Waals surface area contributed by atoms with Gasteiger partial charge in [0.15, 0.2) is 0 Å². The van der Waals surface area contributed by atoms with Gasteiger partial charge in [0.25, 0.3) is 0 Å². The molecule has 1 aromatic carbocycles. The van der Waals surface area contributed by atoms with E-state index >= 15 is 0 Å². The van der Waals surface area contributed by atoms with Crippen LogP contribution >= 0.6 is 23.4 Å². The van der Waals surface area contributed by atoms with Crippen molar-refractivity contribution in [3.63, 3.8) is 0 Å². The summed E-state index contributed by atoms with van der Waals surface area (Å²) in [5.41, 5.74) is 0. The molecule has 1 N–H and O–H groups in total. The smallest absolute Gasteiger partial charge is 0.150 e. The van der Waals surface area contributed by atoms with Gasteiger partial charge in [0, 0.05) is 27.5 Å². The van der Waals surface area contributed by atoms with Gasteiger partial charge in [-0.05, 0) is 44.2 Å². The summed E-state index contributed by atoms with van der Waals surface area (Å²) in [5.74, 6) is 1.44. The Balaban J connectivity index is 2.34. The van der Waals surface area contributed by atoms with Crippen LogP contribution in [0, 0.1) is 0 Å². The molecule has 20 heavy (non-hydrogen) atoms. The molecule has 1 atom stereocenters. The lowest BCUT2D eigenvalue weighted by molar-refractivity contribution is 0.554. The number of benzene rings is 1. The Hall–Kier alpha value is -0.230. The molecule has 0 aromatic heterocycles. The van der Waals surface area contributed by atoms with Gasteiger partial charge in [-0.3, -0.25) is 0 Å². The van der Waals surface area contributed by atoms with Gasteiger partial charge in [0.1, 0.15) is 9.84 Å². The molecule has 0 aliphatic carbocycles. The fraction of sp³-hybridized carbons (Fsp3) is 0.571. The van der Waals surface area contributed by atoms with Gasteiger partial charge in [-0.1, -0.05) is 18.5 Å². The van der Waals surface area contributed by atoms with Crippen molar-refractivity contribution in [3.05, 3.63) is 29.3 Å². The maximum absolute atomic E-state index is 11.4. The van der Waals surface area contributed by atoms with Crippen LogP contribution < -0.4 is 5.32 Å². The minimum Gasteiger partial charge on any atom is -0.316 e. The Morgan fingerprint density at radius 1 is 1.30 bits per heavy atom. The monoisotopic (exact) mass is 335 g/mol. The Morgan fingerprint density at radius 3 is 2.50 bits per heavy atom. The molecule has 0 radical (unpaired) electrons. The Morgan fingerprint density at radius 2 is 1.95 bits per heavy atom. The van der Waals surface area contributed by atoms with E-state index in [4.69, 9.17) is 11.6 Å². The van der Waals surface area contributed by atoms with Crippen molar-refractivity contribution in [2.45, 2.75) is 30.7 Å². The standard InChI is InChI=1S/C14H22ClNO2S2/c1-3-20(17,18)10-4-5-13(16-2)11-19-14-8-6-12(15)7-9-14/h6-9,13,16H,3-5,10-11H2,1-2H3.